The molecule has 3 aliphatic heterocycles. The van der Waals surface area contributed by atoms with Crippen LogP contribution in [0.15, 0.2) is 12.1 Å². The quantitative estimate of drug-likeness (QED) is 0.244. The number of anilines is 1. The van der Waals surface area contributed by atoms with Crippen LogP contribution in [0.1, 0.15) is 68.5 Å². The molecule has 0 aliphatic carbocycles. The summed E-state index contributed by atoms with van der Waals surface area (Å²) in [7, 11) is 1.91. The number of ether oxygens (including phenoxy) is 3. The topological polar surface area (TPSA) is 115 Å². The first-order valence-electron chi connectivity index (χ1n) is 17.2. The van der Waals surface area contributed by atoms with Crippen molar-refractivity contribution in [3.05, 3.63) is 40.3 Å². The van der Waals surface area contributed by atoms with Gasteiger partial charge in [0.15, 0.2) is 23.5 Å². The zero-order valence-corrected chi connectivity index (χ0v) is 30.0. The maximum absolute atomic E-state index is 15.8. The first-order valence-corrected chi connectivity index (χ1v) is 17.9. The summed E-state index contributed by atoms with van der Waals surface area (Å²) in [5, 5.41) is 12.1. The molecule has 2 fully saturated rings. The number of hydrogen-bond donors (Lipinski definition) is 1. The van der Waals surface area contributed by atoms with Crippen molar-refractivity contribution in [3.8, 4) is 28.4 Å². The molecule has 0 unspecified atom stereocenters. The van der Waals surface area contributed by atoms with Crippen molar-refractivity contribution in [2.75, 3.05) is 50.9 Å². The number of fused-ring (bicyclic) bond motifs is 2. The van der Waals surface area contributed by atoms with Crippen molar-refractivity contribution >= 4 is 33.7 Å². The van der Waals surface area contributed by atoms with Crippen LogP contribution in [0.5, 0.6) is 5.75 Å². The zero-order valence-electron chi connectivity index (χ0n) is 29.1. The average molecular weight is 693 g/mol. The van der Waals surface area contributed by atoms with Gasteiger partial charge < -0.3 is 28.8 Å². The lowest BCUT2D eigenvalue weighted by Gasteiger charge is -2.40. The number of aryl methyl sites for hydroxylation is 2. The molecule has 0 saturated carbocycles. The molecule has 262 valence electrons. The number of pyridine rings is 1. The van der Waals surface area contributed by atoms with E-state index in [0.717, 1.165) is 80.6 Å². The van der Waals surface area contributed by atoms with E-state index >= 15 is 4.39 Å². The maximum Gasteiger partial charge on any atom is 0.337 e. The van der Waals surface area contributed by atoms with Crippen molar-refractivity contribution in [2.24, 2.45) is 7.05 Å². The van der Waals surface area contributed by atoms with Crippen molar-refractivity contribution in [2.45, 2.75) is 78.0 Å². The molecule has 2 saturated heterocycles. The second-order valence-electron chi connectivity index (χ2n) is 14.3. The maximum atomic E-state index is 15.8. The summed E-state index contributed by atoms with van der Waals surface area (Å²) < 4.78 is 40.0. The molecule has 1 atom stereocenters. The summed E-state index contributed by atoms with van der Waals surface area (Å²) in [6, 6.07) is 4.01. The first-order chi connectivity index (χ1) is 23.4. The lowest BCUT2D eigenvalue weighted by Crippen LogP contribution is -2.51. The van der Waals surface area contributed by atoms with Gasteiger partial charge in [0, 0.05) is 91.8 Å². The van der Waals surface area contributed by atoms with Crippen LogP contribution in [0.2, 0.25) is 0 Å². The Morgan fingerprint density at radius 1 is 1.10 bits per heavy atom. The van der Waals surface area contributed by atoms with E-state index in [1.807, 2.05) is 45.4 Å². The van der Waals surface area contributed by atoms with E-state index in [1.54, 1.807) is 6.92 Å². The predicted molar refractivity (Wildman–Crippen MR) is 187 cm³/mol. The monoisotopic (exact) mass is 692 g/mol. The molecule has 49 heavy (non-hydrogen) atoms. The third kappa shape index (κ3) is 6.42. The molecule has 7 rings (SSSR count). The molecule has 1 N–H and O–H groups in total. The van der Waals surface area contributed by atoms with Crippen LogP contribution in [0, 0.1) is 19.7 Å². The van der Waals surface area contributed by atoms with Crippen molar-refractivity contribution < 1.29 is 28.5 Å². The van der Waals surface area contributed by atoms with Crippen LogP contribution in [0.25, 0.3) is 33.7 Å². The van der Waals surface area contributed by atoms with Gasteiger partial charge in [-0.25, -0.2) is 14.2 Å². The van der Waals surface area contributed by atoms with E-state index in [-0.39, 0.29) is 5.75 Å². The Morgan fingerprint density at radius 3 is 2.53 bits per heavy atom. The van der Waals surface area contributed by atoms with Crippen LogP contribution in [0.3, 0.4) is 0 Å². The van der Waals surface area contributed by atoms with Crippen LogP contribution in [-0.2, 0) is 27.7 Å². The fourth-order valence-corrected chi connectivity index (χ4v) is 8.29. The lowest BCUT2D eigenvalue weighted by molar-refractivity contribution is -0.160. The molecule has 0 bridgehead atoms. The fourth-order valence-electron chi connectivity index (χ4n) is 7.56. The van der Waals surface area contributed by atoms with Crippen LogP contribution >= 0.6 is 11.5 Å². The number of benzene rings is 1. The normalized spacial score (nSPS) is 18.5. The van der Waals surface area contributed by atoms with E-state index in [9.17, 15) is 9.90 Å². The molecule has 13 heteroatoms. The molecule has 3 aromatic heterocycles. The number of nitrogens with zero attached hydrogens (tertiary/aromatic N) is 6. The van der Waals surface area contributed by atoms with Gasteiger partial charge in [-0.2, -0.15) is 9.36 Å². The number of hydrogen-bond acceptors (Lipinski definition) is 10. The van der Waals surface area contributed by atoms with E-state index in [0.29, 0.717) is 58.3 Å². The highest BCUT2D eigenvalue weighted by Gasteiger charge is 2.35. The van der Waals surface area contributed by atoms with Gasteiger partial charge in [-0.3, -0.25) is 4.90 Å². The smallest absolute Gasteiger partial charge is 0.337 e. The minimum Gasteiger partial charge on any atom is -0.490 e. The van der Waals surface area contributed by atoms with Gasteiger partial charge in [-0.1, -0.05) is 0 Å². The summed E-state index contributed by atoms with van der Waals surface area (Å²) in [6.07, 6.45) is 2.28. The average Bonchev–Trinajstić information content (AvgIpc) is 3.70. The Kier molecular flexibility index (Phi) is 9.14. The molecule has 6 heterocycles. The van der Waals surface area contributed by atoms with Gasteiger partial charge >= 0.3 is 5.97 Å². The lowest BCUT2D eigenvalue weighted by atomic mass is 9.86. The van der Waals surface area contributed by atoms with E-state index < -0.39 is 23.5 Å². The fraction of sp³-hybridized carbons (Fsp3) is 0.556. The van der Waals surface area contributed by atoms with Crippen LogP contribution in [-0.4, -0.2) is 92.5 Å². The Labute approximate surface area is 290 Å². The number of halogens is 1. The largest absolute Gasteiger partial charge is 0.490 e. The SMILES string of the molecule is Cc1nc2c(cc(-c3nsc(N4CCN(C5CCOCC5)CC4)n3)n2C)c(-c2cc(F)c3c(c2C)CCCO3)c1[C@H](OC(C)(C)C)C(=O)O. The minimum atomic E-state index is -1.34. The molecular weight excluding hydrogens is 647 g/mol. The van der Waals surface area contributed by atoms with E-state index in [1.165, 1.54) is 17.6 Å². The highest BCUT2D eigenvalue weighted by atomic mass is 32.1. The van der Waals surface area contributed by atoms with E-state index in [2.05, 4.69) is 9.80 Å². The minimum absolute atomic E-state index is 0.276. The summed E-state index contributed by atoms with van der Waals surface area (Å²) in [5.41, 5.74) is 4.34. The Balaban J connectivity index is 1.33. The number of aromatic nitrogens is 4. The third-order valence-electron chi connectivity index (χ3n) is 10.0. The predicted octanol–water partition coefficient (Wildman–Crippen LogP) is 6.08. The third-order valence-corrected chi connectivity index (χ3v) is 10.8. The molecule has 0 spiro atoms. The molecule has 4 aromatic rings. The Bertz CT molecular complexity index is 1890. The summed E-state index contributed by atoms with van der Waals surface area (Å²) >= 11 is 1.38. The molecule has 3 aliphatic rings. The number of carbonyl (C=O) groups is 1. The number of carboxylic acid groups (broad SMARTS) is 1. The Morgan fingerprint density at radius 2 is 1.84 bits per heavy atom. The number of aliphatic carboxylic acids is 1. The van der Waals surface area contributed by atoms with Crippen LogP contribution in [0.4, 0.5) is 9.52 Å². The first kappa shape index (κ1) is 33.8. The molecular formula is C36H45FN6O5S. The zero-order chi connectivity index (χ0) is 34.6. The van der Waals surface area contributed by atoms with Gasteiger partial charge in [-0.05, 0) is 83.6 Å². The van der Waals surface area contributed by atoms with Crippen molar-refractivity contribution in [1.82, 2.24) is 23.8 Å². The van der Waals surface area contributed by atoms with E-state index in [4.69, 9.17) is 28.6 Å². The highest BCUT2D eigenvalue weighted by molar-refractivity contribution is 7.09. The van der Waals surface area contributed by atoms with Crippen molar-refractivity contribution in [3.63, 3.8) is 0 Å². The molecule has 1 aromatic carbocycles. The van der Waals surface area contributed by atoms with Crippen molar-refractivity contribution in [1.29, 1.82) is 0 Å². The highest BCUT2D eigenvalue weighted by Crippen LogP contribution is 2.45. The van der Waals surface area contributed by atoms with Gasteiger partial charge in [-0.15, -0.1) is 0 Å². The van der Waals surface area contributed by atoms with Crippen LogP contribution < -0.4 is 9.64 Å². The second kappa shape index (κ2) is 13.2. The summed E-state index contributed by atoms with van der Waals surface area (Å²) in [6.45, 7) is 15.1. The number of rotatable bonds is 7. The standard InChI is InChI=1S/C36H45FN6O5S/c1-20-23-8-7-15-47-30(23)26(37)18-24(20)29-25-19-27(41(6)33(25)38-21(2)28(29)31(34(44)45)48-36(3,4)5)32-39-35(49-40-32)43-13-11-42(12-14-43)22-9-16-46-17-10-22/h18-19,22,31H,7-17H2,1-6H3,(H,44,45)/t31-/m0/s1. The number of carboxylic acids is 1. The molecule has 0 amide bonds. The van der Waals surface area contributed by atoms with Gasteiger partial charge in [0.25, 0.3) is 0 Å². The van der Waals surface area contributed by atoms with Gasteiger partial charge in [0.05, 0.1) is 17.9 Å². The van der Waals surface area contributed by atoms with Gasteiger partial charge in [0.1, 0.15) is 5.65 Å². The Hall–Kier alpha value is -3.65. The molecule has 0 radical (unpaired) electrons. The van der Waals surface area contributed by atoms with Gasteiger partial charge in [0.2, 0.25) is 5.13 Å². The summed E-state index contributed by atoms with van der Waals surface area (Å²) in [4.78, 5) is 27.7. The second-order valence-corrected chi connectivity index (χ2v) is 15.0. The molecule has 11 nitrogen and oxygen atoms in total. The summed E-state index contributed by atoms with van der Waals surface area (Å²) in [5.74, 6) is -0.761. The number of piperazine rings is 1.